The molecule has 16 heavy (non-hydrogen) atoms. The van der Waals surface area contributed by atoms with E-state index in [2.05, 4.69) is 31.4 Å². The molecule has 4 heteroatoms. The van der Waals surface area contributed by atoms with Crippen LogP contribution in [-0.4, -0.2) is 17.5 Å². The van der Waals surface area contributed by atoms with Gasteiger partial charge in [0.25, 0.3) is 0 Å². The van der Waals surface area contributed by atoms with Gasteiger partial charge in [0.2, 0.25) is 0 Å². The van der Waals surface area contributed by atoms with E-state index in [4.69, 9.17) is 5.84 Å². The number of rotatable bonds is 8. The summed E-state index contributed by atoms with van der Waals surface area (Å²) in [6.45, 7) is 4.41. The number of hydrogen-bond donors (Lipinski definition) is 2. The summed E-state index contributed by atoms with van der Waals surface area (Å²) in [6.07, 6.45) is 3.43. The third-order valence-electron chi connectivity index (χ3n) is 2.42. The fraction of sp³-hybridized carbons (Fsp3) is 0.667. The minimum absolute atomic E-state index is 0.403. The monoisotopic (exact) mass is 258 g/mol. The van der Waals surface area contributed by atoms with E-state index in [1.165, 1.54) is 21.9 Å². The third kappa shape index (κ3) is 4.87. The Morgan fingerprint density at radius 2 is 2.12 bits per heavy atom. The molecule has 0 amide bonds. The minimum atomic E-state index is 0.403. The topological polar surface area (TPSA) is 38.0 Å². The van der Waals surface area contributed by atoms with E-state index >= 15 is 0 Å². The molecule has 1 atom stereocenters. The van der Waals surface area contributed by atoms with E-state index in [1.54, 1.807) is 0 Å². The van der Waals surface area contributed by atoms with Crippen LogP contribution in [0.2, 0.25) is 0 Å². The van der Waals surface area contributed by atoms with Gasteiger partial charge in [-0.25, -0.2) is 0 Å². The van der Waals surface area contributed by atoms with E-state index < -0.39 is 0 Å². The third-order valence-corrected chi connectivity index (χ3v) is 5.00. The molecule has 1 aromatic heterocycles. The molecule has 0 fully saturated rings. The van der Waals surface area contributed by atoms with Gasteiger partial charge in [-0.05, 0) is 37.1 Å². The quantitative estimate of drug-likeness (QED) is 0.428. The molecule has 92 valence electrons. The first-order valence-corrected chi connectivity index (χ1v) is 7.88. The first kappa shape index (κ1) is 14.0. The van der Waals surface area contributed by atoms with Crippen molar-refractivity contribution >= 4 is 23.1 Å². The molecule has 0 saturated heterocycles. The highest BCUT2D eigenvalue weighted by molar-refractivity contribution is 7.99. The van der Waals surface area contributed by atoms with Crippen LogP contribution in [0.15, 0.2) is 12.1 Å². The van der Waals surface area contributed by atoms with Crippen LogP contribution in [0, 0.1) is 0 Å². The van der Waals surface area contributed by atoms with Crippen molar-refractivity contribution < 1.29 is 0 Å². The average Bonchev–Trinajstić information content (AvgIpc) is 2.75. The molecular formula is C12H22N2S2. The van der Waals surface area contributed by atoms with E-state index in [9.17, 15) is 0 Å². The zero-order valence-corrected chi connectivity index (χ0v) is 11.8. The number of nitrogens with one attached hydrogen (secondary N) is 1. The zero-order valence-electron chi connectivity index (χ0n) is 10.2. The highest BCUT2D eigenvalue weighted by atomic mass is 32.2. The van der Waals surface area contributed by atoms with Gasteiger partial charge in [-0.3, -0.25) is 11.3 Å². The molecule has 1 rings (SSSR count). The van der Waals surface area contributed by atoms with Gasteiger partial charge in [0, 0.05) is 21.5 Å². The van der Waals surface area contributed by atoms with Crippen molar-refractivity contribution in [3.05, 3.63) is 21.9 Å². The molecule has 0 aliphatic rings. The Labute approximate surface area is 107 Å². The highest BCUT2D eigenvalue weighted by Crippen LogP contribution is 2.19. The molecule has 3 N–H and O–H groups in total. The van der Waals surface area contributed by atoms with Crippen LogP contribution < -0.4 is 11.3 Å². The summed E-state index contributed by atoms with van der Waals surface area (Å²) in [5.74, 6) is 7.91. The lowest BCUT2D eigenvalue weighted by Gasteiger charge is -2.14. The largest absolute Gasteiger partial charge is 0.271 e. The lowest BCUT2D eigenvalue weighted by molar-refractivity contribution is 0.579. The summed E-state index contributed by atoms with van der Waals surface area (Å²) in [4.78, 5) is 2.91. The molecule has 0 bridgehead atoms. The van der Waals surface area contributed by atoms with Crippen molar-refractivity contribution in [1.82, 2.24) is 5.43 Å². The second-order valence-corrected chi connectivity index (χ2v) is 6.27. The van der Waals surface area contributed by atoms with Gasteiger partial charge in [0.15, 0.2) is 0 Å². The number of aryl methyl sites for hydroxylation is 1. The number of nitrogens with two attached hydrogens (primary N) is 1. The van der Waals surface area contributed by atoms with Crippen LogP contribution in [-0.2, 0) is 12.8 Å². The van der Waals surface area contributed by atoms with Gasteiger partial charge in [-0.1, -0.05) is 13.8 Å². The van der Waals surface area contributed by atoms with Crippen molar-refractivity contribution in [1.29, 1.82) is 0 Å². The van der Waals surface area contributed by atoms with Gasteiger partial charge in [0.1, 0.15) is 0 Å². The van der Waals surface area contributed by atoms with Crippen LogP contribution in [0.1, 0.15) is 30.0 Å². The van der Waals surface area contributed by atoms with Gasteiger partial charge in [-0.15, -0.1) is 11.3 Å². The Hall–Kier alpha value is -0.0300. The highest BCUT2D eigenvalue weighted by Gasteiger charge is 2.09. The Morgan fingerprint density at radius 3 is 2.69 bits per heavy atom. The van der Waals surface area contributed by atoms with Crippen LogP contribution in [0.25, 0.3) is 0 Å². The van der Waals surface area contributed by atoms with Crippen LogP contribution in [0.3, 0.4) is 0 Å². The summed E-state index contributed by atoms with van der Waals surface area (Å²) >= 11 is 3.89. The second kappa shape index (κ2) is 8.12. The number of hydrazine groups is 1. The van der Waals surface area contributed by atoms with Crippen molar-refractivity contribution in [2.45, 2.75) is 39.2 Å². The fourth-order valence-electron chi connectivity index (χ4n) is 1.50. The Bertz CT molecular complexity index is 286. The summed E-state index contributed by atoms with van der Waals surface area (Å²) in [5.41, 5.74) is 2.92. The lowest BCUT2D eigenvalue weighted by atomic mass is 10.2. The van der Waals surface area contributed by atoms with Gasteiger partial charge in [0.05, 0.1) is 0 Å². The SMILES string of the molecule is CCCSCC(Cc1ccc(CC)s1)NN. The Balaban J connectivity index is 2.36. The summed E-state index contributed by atoms with van der Waals surface area (Å²) in [7, 11) is 0. The van der Waals surface area contributed by atoms with E-state index in [-0.39, 0.29) is 0 Å². The maximum atomic E-state index is 5.58. The molecular weight excluding hydrogens is 236 g/mol. The fourth-order valence-corrected chi connectivity index (χ4v) is 3.49. The molecule has 0 spiro atoms. The average molecular weight is 258 g/mol. The molecule has 0 aliphatic heterocycles. The first-order valence-electron chi connectivity index (χ1n) is 5.91. The van der Waals surface area contributed by atoms with Crippen LogP contribution in [0.5, 0.6) is 0 Å². The van der Waals surface area contributed by atoms with Crippen molar-refractivity contribution in [3.63, 3.8) is 0 Å². The maximum absolute atomic E-state index is 5.58. The van der Waals surface area contributed by atoms with Crippen LogP contribution >= 0.6 is 23.1 Å². The van der Waals surface area contributed by atoms with E-state index in [0.717, 1.165) is 18.6 Å². The normalized spacial score (nSPS) is 12.9. The van der Waals surface area contributed by atoms with Gasteiger partial charge < -0.3 is 0 Å². The summed E-state index contributed by atoms with van der Waals surface area (Å²) in [5, 5.41) is 0. The molecule has 1 unspecified atom stereocenters. The Morgan fingerprint density at radius 1 is 1.38 bits per heavy atom. The maximum Gasteiger partial charge on any atom is 0.0349 e. The molecule has 2 nitrogen and oxygen atoms in total. The molecule has 0 saturated carbocycles. The number of thiophene rings is 1. The minimum Gasteiger partial charge on any atom is -0.271 e. The number of hydrogen-bond acceptors (Lipinski definition) is 4. The summed E-state index contributed by atoms with van der Waals surface area (Å²) < 4.78 is 0. The molecule has 1 aromatic rings. The second-order valence-electron chi connectivity index (χ2n) is 3.86. The zero-order chi connectivity index (χ0) is 11.8. The summed E-state index contributed by atoms with van der Waals surface area (Å²) in [6, 6.07) is 4.87. The van der Waals surface area contributed by atoms with Crippen LogP contribution in [0.4, 0.5) is 0 Å². The Kier molecular flexibility index (Phi) is 7.12. The standard InChI is InChI=1S/C12H22N2S2/c1-3-7-15-9-10(14-13)8-12-6-5-11(4-2)16-12/h5-6,10,14H,3-4,7-9,13H2,1-2H3. The smallest absolute Gasteiger partial charge is 0.0349 e. The molecule has 0 aliphatic carbocycles. The first-order chi connectivity index (χ1) is 7.80. The number of thioether (sulfide) groups is 1. The predicted octanol–water partition coefficient (Wildman–Crippen LogP) is 2.83. The van der Waals surface area contributed by atoms with Crippen molar-refractivity contribution in [2.75, 3.05) is 11.5 Å². The lowest BCUT2D eigenvalue weighted by Crippen LogP contribution is -2.38. The van der Waals surface area contributed by atoms with E-state index in [1.807, 2.05) is 23.1 Å². The molecule has 0 aromatic carbocycles. The van der Waals surface area contributed by atoms with Crippen molar-refractivity contribution in [2.24, 2.45) is 5.84 Å². The van der Waals surface area contributed by atoms with E-state index in [0.29, 0.717) is 6.04 Å². The predicted molar refractivity (Wildman–Crippen MR) is 76.1 cm³/mol. The molecule has 0 radical (unpaired) electrons. The van der Waals surface area contributed by atoms with Gasteiger partial charge >= 0.3 is 0 Å². The molecule has 1 heterocycles. The van der Waals surface area contributed by atoms with Gasteiger partial charge in [-0.2, -0.15) is 11.8 Å². The van der Waals surface area contributed by atoms with Crippen molar-refractivity contribution in [3.8, 4) is 0 Å².